The summed E-state index contributed by atoms with van der Waals surface area (Å²) in [6.45, 7) is 4.37. The number of rotatable bonds is 6. The van der Waals surface area contributed by atoms with Crippen LogP contribution in [-0.4, -0.2) is 30.0 Å². The molecule has 94 valence electrons. The van der Waals surface area contributed by atoms with Gasteiger partial charge in [0.05, 0.1) is 7.11 Å². The summed E-state index contributed by atoms with van der Waals surface area (Å²) in [6, 6.07) is 5.52. The zero-order valence-corrected chi connectivity index (χ0v) is 11.3. The summed E-state index contributed by atoms with van der Waals surface area (Å²) < 4.78 is 5.08. The van der Waals surface area contributed by atoms with Crippen molar-refractivity contribution in [3.05, 3.63) is 23.8 Å². The monoisotopic (exact) mass is 254 g/mol. The lowest BCUT2D eigenvalue weighted by Gasteiger charge is -2.10. The molecule has 3 nitrogen and oxygen atoms in total. The van der Waals surface area contributed by atoms with Crippen molar-refractivity contribution < 1.29 is 14.8 Å². The first-order valence-corrected chi connectivity index (χ1v) is 6.80. The van der Waals surface area contributed by atoms with Crippen LogP contribution in [0.15, 0.2) is 18.2 Å². The highest BCUT2D eigenvalue weighted by Crippen LogP contribution is 2.17. The molecule has 0 aliphatic rings. The molecule has 0 amide bonds. The van der Waals surface area contributed by atoms with Gasteiger partial charge in [-0.25, -0.2) is 0 Å². The summed E-state index contributed by atoms with van der Waals surface area (Å²) in [6.07, 6.45) is 0. The van der Waals surface area contributed by atoms with Gasteiger partial charge in [-0.05, 0) is 23.3 Å². The maximum absolute atomic E-state index is 9.24. The molecule has 1 aromatic rings. The van der Waals surface area contributed by atoms with Gasteiger partial charge in [0, 0.05) is 11.2 Å². The Hall–Kier alpha value is -0.645. The van der Waals surface area contributed by atoms with E-state index in [0.717, 1.165) is 17.1 Å². The van der Waals surface area contributed by atoms with Gasteiger partial charge in [-0.15, -0.1) is 0 Å². The van der Waals surface area contributed by atoms with Crippen molar-refractivity contribution in [3.63, 3.8) is 0 Å². The van der Waals surface area contributed by atoms with Gasteiger partial charge in [0.1, 0.15) is 5.75 Å². The molecule has 5 heteroatoms. The third kappa shape index (κ3) is 4.62. The third-order valence-electron chi connectivity index (χ3n) is 2.29. The molecule has 0 bridgehead atoms. The molecule has 0 radical (unpaired) electrons. The molecule has 0 aliphatic heterocycles. The Morgan fingerprint density at radius 3 is 2.59 bits per heavy atom. The van der Waals surface area contributed by atoms with Crippen LogP contribution in [0.1, 0.15) is 19.4 Å². The number of methoxy groups -OCH3 is 1. The van der Waals surface area contributed by atoms with Crippen molar-refractivity contribution in [2.24, 2.45) is 5.92 Å². The van der Waals surface area contributed by atoms with Crippen LogP contribution in [0.2, 0.25) is 0 Å². The Morgan fingerprint density at radius 1 is 1.35 bits per heavy atom. The summed E-state index contributed by atoms with van der Waals surface area (Å²) in [5, 5.41) is 18.5. The van der Waals surface area contributed by atoms with E-state index in [1.54, 1.807) is 12.1 Å². The topological polar surface area (TPSA) is 49.7 Å². The van der Waals surface area contributed by atoms with Crippen LogP contribution in [0.5, 0.6) is 5.75 Å². The SMILES string of the molecule is COc1ccc(CSCC(C)C)cc1B(O)O. The molecule has 0 fully saturated rings. The Kier molecular flexibility index (Phi) is 5.88. The van der Waals surface area contributed by atoms with E-state index in [1.165, 1.54) is 7.11 Å². The van der Waals surface area contributed by atoms with Crippen molar-refractivity contribution >= 4 is 24.3 Å². The maximum atomic E-state index is 9.24. The molecule has 0 aromatic heterocycles. The summed E-state index contributed by atoms with van der Waals surface area (Å²) in [5.74, 6) is 3.16. The van der Waals surface area contributed by atoms with Gasteiger partial charge in [0.25, 0.3) is 0 Å². The number of hydrogen-bond acceptors (Lipinski definition) is 4. The lowest BCUT2D eigenvalue weighted by atomic mass is 9.79. The summed E-state index contributed by atoms with van der Waals surface area (Å²) in [5.41, 5.74) is 1.51. The molecule has 0 unspecified atom stereocenters. The molecule has 0 aliphatic carbocycles. The second-order valence-corrected chi connectivity index (χ2v) is 5.39. The fraction of sp³-hybridized carbons (Fsp3) is 0.500. The minimum atomic E-state index is -1.49. The first kappa shape index (κ1) is 14.4. The Bertz CT molecular complexity index is 356. The standard InChI is InChI=1S/C12H19BO3S/c1-9(2)7-17-8-10-4-5-12(16-3)11(6-10)13(14)15/h4-6,9,14-15H,7-8H2,1-3H3. The molecule has 1 rings (SSSR count). The highest BCUT2D eigenvalue weighted by atomic mass is 32.2. The molecule has 0 saturated carbocycles. The van der Waals surface area contributed by atoms with Crippen molar-refractivity contribution in [1.82, 2.24) is 0 Å². The van der Waals surface area contributed by atoms with Crippen molar-refractivity contribution in [2.45, 2.75) is 19.6 Å². The van der Waals surface area contributed by atoms with Gasteiger partial charge in [0.2, 0.25) is 0 Å². The Morgan fingerprint density at radius 2 is 2.06 bits per heavy atom. The Balaban J connectivity index is 2.71. The minimum absolute atomic E-state index is 0.426. The van der Waals surface area contributed by atoms with E-state index in [2.05, 4.69) is 13.8 Å². The van der Waals surface area contributed by atoms with Crippen LogP contribution in [0.3, 0.4) is 0 Å². The van der Waals surface area contributed by atoms with Crippen LogP contribution in [0, 0.1) is 5.92 Å². The van der Waals surface area contributed by atoms with Crippen molar-refractivity contribution in [1.29, 1.82) is 0 Å². The molecule has 0 heterocycles. The van der Waals surface area contributed by atoms with Gasteiger partial charge in [0.15, 0.2) is 0 Å². The average Bonchev–Trinajstić information content (AvgIpc) is 2.28. The van der Waals surface area contributed by atoms with Gasteiger partial charge < -0.3 is 14.8 Å². The van der Waals surface area contributed by atoms with Crippen LogP contribution in [0.25, 0.3) is 0 Å². The fourth-order valence-electron chi connectivity index (χ4n) is 1.49. The Labute approximate surface area is 107 Å². The molecule has 0 spiro atoms. The zero-order valence-electron chi connectivity index (χ0n) is 10.5. The lowest BCUT2D eigenvalue weighted by Crippen LogP contribution is -2.31. The number of hydrogen-bond donors (Lipinski definition) is 2. The van der Waals surface area contributed by atoms with E-state index in [9.17, 15) is 10.0 Å². The number of ether oxygens (including phenoxy) is 1. The lowest BCUT2D eigenvalue weighted by molar-refractivity contribution is 0.403. The summed E-state index contributed by atoms with van der Waals surface area (Å²) in [4.78, 5) is 0. The second-order valence-electron chi connectivity index (χ2n) is 4.36. The van der Waals surface area contributed by atoms with E-state index >= 15 is 0 Å². The zero-order chi connectivity index (χ0) is 12.8. The van der Waals surface area contributed by atoms with Gasteiger partial charge in [-0.2, -0.15) is 11.8 Å². The van der Waals surface area contributed by atoms with Gasteiger partial charge >= 0.3 is 7.12 Å². The maximum Gasteiger partial charge on any atom is 0.492 e. The van der Waals surface area contributed by atoms with Crippen LogP contribution in [0.4, 0.5) is 0 Å². The van der Waals surface area contributed by atoms with E-state index in [0.29, 0.717) is 17.1 Å². The van der Waals surface area contributed by atoms with Crippen LogP contribution in [-0.2, 0) is 5.75 Å². The number of benzene rings is 1. The highest BCUT2D eigenvalue weighted by Gasteiger charge is 2.17. The fourth-order valence-corrected chi connectivity index (χ4v) is 2.49. The normalized spacial score (nSPS) is 10.7. The molecular formula is C12H19BO3S. The smallest absolute Gasteiger partial charge is 0.492 e. The first-order chi connectivity index (χ1) is 8.04. The van der Waals surface area contributed by atoms with E-state index in [-0.39, 0.29) is 0 Å². The first-order valence-electron chi connectivity index (χ1n) is 5.65. The van der Waals surface area contributed by atoms with Crippen LogP contribution >= 0.6 is 11.8 Å². The molecule has 0 atom stereocenters. The summed E-state index contributed by atoms with van der Waals surface area (Å²) in [7, 11) is 0.0361. The molecule has 1 aromatic carbocycles. The highest BCUT2D eigenvalue weighted by molar-refractivity contribution is 7.98. The predicted octanol–water partition coefficient (Wildman–Crippen LogP) is 1.26. The molecular weight excluding hydrogens is 235 g/mol. The quantitative estimate of drug-likeness (QED) is 0.750. The van der Waals surface area contributed by atoms with E-state index in [1.807, 2.05) is 17.8 Å². The van der Waals surface area contributed by atoms with Crippen molar-refractivity contribution in [2.75, 3.05) is 12.9 Å². The van der Waals surface area contributed by atoms with E-state index in [4.69, 9.17) is 4.74 Å². The largest absolute Gasteiger partial charge is 0.497 e. The molecule has 2 N–H and O–H groups in total. The average molecular weight is 254 g/mol. The minimum Gasteiger partial charge on any atom is -0.497 e. The molecule has 17 heavy (non-hydrogen) atoms. The van der Waals surface area contributed by atoms with Gasteiger partial charge in [-0.1, -0.05) is 26.0 Å². The number of thioether (sulfide) groups is 1. The second kappa shape index (κ2) is 6.94. The van der Waals surface area contributed by atoms with Crippen LogP contribution < -0.4 is 10.2 Å². The predicted molar refractivity (Wildman–Crippen MR) is 73.8 cm³/mol. The summed E-state index contributed by atoms with van der Waals surface area (Å²) >= 11 is 1.84. The third-order valence-corrected chi connectivity index (χ3v) is 3.73. The molecule has 0 saturated heterocycles. The van der Waals surface area contributed by atoms with Crippen molar-refractivity contribution in [3.8, 4) is 5.75 Å². The van der Waals surface area contributed by atoms with Gasteiger partial charge in [-0.3, -0.25) is 0 Å². The van der Waals surface area contributed by atoms with E-state index < -0.39 is 7.12 Å².